The van der Waals surface area contributed by atoms with Crippen LogP contribution in [0.2, 0.25) is 10.0 Å². The number of carbonyl (C=O) groups is 1. The van der Waals surface area contributed by atoms with Crippen LogP contribution in [0.25, 0.3) is 0 Å². The lowest BCUT2D eigenvalue weighted by Crippen LogP contribution is -2.50. The second-order valence-electron chi connectivity index (χ2n) is 6.85. The van der Waals surface area contributed by atoms with Crippen LogP contribution in [-0.4, -0.2) is 54.5 Å². The second-order valence-corrected chi connectivity index (χ2v) is 7.66. The number of hydrogen-bond acceptors (Lipinski definition) is 3. The van der Waals surface area contributed by atoms with Crippen LogP contribution in [0.15, 0.2) is 18.2 Å². The van der Waals surface area contributed by atoms with Crippen molar-refractivity contribution in [1.29, 1.82) is 0 Å². The van der Waals surface area contributed by atoms with Gasteiger partial charge in [-0.05, 0) is 30.5 Å². The predicted octanol–water partition coefficient (Wildman–Crippen LogP) is 3.17. The number of rotatable bonds is 5. The number of nitrogens with zero attached hydrogens (tertiary/aromatic N) is 2. The van der Waals surface area contributed by atoms with E-state index in [9.17, 15) is 4.79 Å². The molecule has 1 N–H and O–H groups in total. The molecule has 1 aliphatic carbocycles. The molecule has 132 valence electrons. The van der Waals surface area contributed by atoms with Crippen LogP contribution in [0.3, 0.4) is 0 Å². The molecule has 24 heavy (non-hydrogen) atoms. The molecule has 0 unspecified atom stereocenters. The smallest absolute Gasteiger partial charge is 0.234 e. The van der Waals surface area contributed by atoms with Gasteiger partial charge in [-0.1, -0.05) is 42.1 Å². The minimum Gasteiger partial charge on any atom is -0.352 e. The second kappa shape index (κ2) is 8.52. The van der Waals surface area contributed by atoms with Gasteiger partial charge in [0.1, 0.15) is 0 Å². The van der Waals surface area contributed by atoms with E-state index in [4.69, 9.17) is 23.2 Å². The Labute approximate surface area is 154 Å². The maximum atomic E-state index is 12.1. The fourth-order valence-corrected chi connectivity index (χ4v) is 3.87. The Bertz CT molecular complexity index is 567. The van der Waals surface area contributed by atoms with Crippen LogP contribution in [0, 0.1) is 0 Å². The van der Waals surface area contributed by atoms with Crippen molar-refractivity contribution in [3.8, 4) is 0 Å². The third kappa shape index (κ3) is 5.09. The van der Waals surface area contributed by atoms with E-state index in [-0.39, 0.29) is 5.91 Å². The lowest BCUT2D eigenvalue weighted by atomic mass is 10.2. The maximum Gasteiger partial charge on any atom is 0.234 e. The van der Waals surface area contributed by atoms with Gasteiger partial charge in [-0.15, -0.1) is 0 Å². The van der Waals surface area contributed by atoms with Crippen molar-refractivity contribution in [2.45, 2.75) is 38.3 Å². The van der Waals surface area contributed by atoms with Crippen molar-refractivity contribution in [3.63, 3.8) is 0 Å². The molecule has 0 spiro atoms. The summed E-state index contributed by atoms with van der Waals surface area (Å²) in [4.78, 5) is 16.8. The van der Waals surface area contributed by atoms with E-state index in [1.54, 1.807) is 0 Å². The van der Waals surface area contributed by atoms with E-state index in [1.165, 1.54) is 18.4 Å². The number of benzene rings is 1. The molecule has 1 aromatic carbocycles. The number of piperazine rings is 1. The van der Waals surface area contributed by atoms with Crippen molar-refractivity contribution in [2.24, 2.45) is 0 Å². The Kier molecular flexibility index (Phi) is 6.39. The molecule has 0 atom stereocenters. The fraction of sp³-hybridized carbons (Fsp3) is 0.611. The molecule has 1 heterocycles. The van der Waals surface area contributed by atoms with Crippen molar-refractivity contribution >= 4 is 29.1 Å². The van der Waals surface area contributed by atoms with Gasteiger partial charge in [-0.2, -0.15) is 0 Å². The molecule has 1 aliphatic heterocycles. The van der Waals surface area contributed by atoms with Crippen molar-refractivity contribution in [3.05, 3.63) is 33.8 Å². The number of nitrogens with one attached hydrogen (secondary N) is 1. The molecule has 1 saturated carbocycles. The Balaban J connectivity index is 1.40. The van der Waals surface area contributed by atoms with Crippen LogP contribution in [0.5, 0.6) is 0 Å². The van der Waals surface area contributed by atoms with Gasteiger partial charge in [0.25, 0.3) is 0 Å². The lowest BCUT2D eigenvalue weighted by Gasteiger charge is -2.34. The quantitative estimate of drug-likeness (QED) is 0.865. The van der Waals surface area contributed by atoms with Gasteiger partial charge >= 0.3 is 0 Å². The fourth-order valence-electron chi connectivity index (χ4n) is 3.55. The molecule has 0 radical (unpaired) electrons. The maximum absolute atomic E-state index is 12.1. The summed E-state index contributed by atoms with van der Waals surface area (Å²) in [5, 5.41) is 4.37. The van der Waals surface area contributed by atoms with E-state index in [0.29, 0.717) is 22.6 Å². The number of hydrogen-bond donors (Lipinski definition) is 1. The molecule has 0 aromatic heterocycles. The largest absolute Gasteiger partial charge is 0.352 e. The number of halogens is 2. The van der Waals surface area contributed by atoms with Gasteiger partial charge in [0.2, 0.25) is 5.91 Å². The average molecular weight is 370 g/mol. The third-order valence-corrected chi connectivity index (χ3v) is 5.68. The zero-order chi connectivity index (χ0) is 16.9. The van der Waals surface area contributed by atoms with Gasteiger partial charge < -0.3 is 5.32 Å². The molecule has 3 rings (SSSR count). The summed E-state index contributed by atoms with van der Waals surface area (Å²) < 4.78 is 0. The SMILES string of the molecule is O=C(CN1CCN(Cc2ccc(Cl)c(Cl)c2)CC1)NC1CCCC1. The van der Waals surface area contributed by atoms with E-state index < -0.39 is 0 Å². The lowest BCUT2D eigenvalue weighted by molar-refractivity contribution is -0.123. The van der Waals surface area contributed by atoms with Crippen molar-refractivity contribution < 1.29 is 4.79 Å². The van der Waals surface area contributed by atoms with E-state index in [0.717, 1.165) is 45.6 Å². The standard InChI is InChI=1S/C18H25Cl2N3O/c19-16-6-5-14(11-17(16)20)12-22-7-9-23(10-8-22)13-18(24)21-15-3-1-2-4-15/h5-6,11,15H,1-4,7-10,12-13H2,(H,21,24). The highest BCUT2D eigenvalue weighted by molar-refractivity contribution is 6.42. The predicted molar refractivity (Wildman–Crippen MR) is 98.6 cm³/mol. The van der Waals surface area contributed by atoms with Gasteiger partial charge in [-0.3, -0.25) is 14.6 Å². The molecule has 2 aliphatic rings. The topological polar surface area (TPSA) is 35.6 Å². The molecule has 2 fully saturated rings. The Morgan fingerprint density at radius 3 is 2.38 bits per heavy atom. The molecule has 1 saturated heterocycles. The minimum absolute atomic E-state index is 0.180. The zero-order valence-electron chi connectivity index (χ0n) is 13.9. The Morgan fingerprint density at radius 1 is 1.04 bits per heavy atom. The summed E-state index contributed by atoms with van der Waals surface area (Å²) in [6, 6.07) is 6.22. The molecule has 4 nitrogen and oxygen atoms in total. The first-order valence-electron chi connectivity index (χ1n) is 8.78. The normalized spacial score (nSPS) is 20.4. The molecule has 0 bridgehead atoms. The third-order valence-electron chi connectivity index (χ3n) is 4.94. The van der Waals surface area contributed by atoms with Crippen molar-refractivity contribution in [2.75, 3.05) is 32.7 Å². The summed E-state index contributed by atoms with van der Waals surface area (Å²) in [5.41, 5.74) is 1.18. The average Bonchev–Trinajstić information content (AvgIpc) is 3.06. The molecular weight excluding hydrogens is 345 g/mol. The summed E-state index contributed by atoms with van der Waals surface area (Å²) >= 11 is 12.0. The van der Waals surface area contributed by atoms with Crippen LogP contribution in [0.1, 0.15) is 31.2 Å². The first-order chi connectivity index (χ1) is 11.6. The van der Waals surface area contributed by atoms with Crippen LogP contribution < -0.4 is 5.32 Å². The summed E-state index contributed by atoms with van der Waals surface area (Å²) in [6.07, 6.45) is 4.78. The molecular formula is C18H25Cl2N3O. The highest BCUT2D eigenvalue weighted by Crippen LogP contribution is 2.23. The Morgan fingerprint density at radius 2 is 1.71 bits per heavy atom. The van der Waals surface area contributed by atoms with E-state index in [1.807, 2.05) is 18.2 Å². The Hall–Kier alpha value is -0.810. The van der Waals surface area contributed by atoms with Gasteiger partial charge in [0.15, 0.2) is 0 Å². The van der Waals surface area contributed by atoms with Gasteiger partial charge in [0.05, 0.1) is 16.6 Å². The molecule has 6 heteroatoms. The highest BCUT2D eigenvalue weighted by atomic mass is 35.5. The van der Waals surface area contributed by atoms with Gasteiger partial charge in [0, 0.05) is 38.8 Å². The first kappa shape index (κ1) is 18.0. The highest BCUT2D eigenvalue weighted by Gasteiger charge is 2.21. The van der Waals surface area contributed by atoms with Crippen LogP contribution >= 0.6 is 23.2 Å². The summed E-state index contributed by atoms with van der Waals surface area (Å²) in [5.74, 6) is 0.180. The zero-order valence-corrected chi connectivity index (χ0v) is 15.5. The van der Waals surface area contributed by atoms with Crippen molar-refractivity contribution in [1.82, 2.24) is 15.1 Å². The van der Waals surface area contributed by atoms with Crippen LogP contribution in [-0.2, 0) is 11.3 Å². The minimum atomic E-state index is 0.180. The summed E-state index contributed by atoms with van der Waals surface area (Å²) in [7, 11) is 0. The van der Waals surface area contributed by atoms with Crippen LogP contribution in [0.4, 0.5) is 0 Å². The van der Waals surface area contributed by atoms with E-state index in [2.05, 4.69) is 15.1 Å². The summed E-state index contributed by atoms with van der Waals surface area (Å²) in [6.45, 7) is 5.20. The van der Waals surface area contributed by atoms with E-state index >= 15 is 0 Å². The van der Waals surface area contributed by atoms with Gasteiger partial charge in [-0.25, -0.2) is 0 Å². The number of carbonyl (C=O) groups excluding carboxylic acids is 1. The molecule has 1 amide bonds. The molecule has 1 aromatic rings. The number of amides is 1. The first-order valence-corrected chi connectivity index (χ1v) is 9.54. The monoisotopic (exact) mass is 369 g/mol.